The highest BCUT2D eigenvalue weighted by Crippen LogP contribution is 2.58. The summed E-state index contributed by atoms with van der Waals surface area (Å²) in [5, 5.41) is 1.87. The van der Waals surface area contributed by atoms with Gasteiger partial charge in [0, 0.05) is 34.5 Å². The molecular weight excluding hydrogens is 423 g/mol. The molecule has 2 bridgehead atoms. The Morgan fingerprint density at radius 1 is 0.774 bits per heavy atom. The maximum Gasteiger partial charge on any atom is 0.0447 e. The van der Waals surface area contributed by atoms with E-state index in [-0.39, 0.29) is 0 Å². The molecule has 31 heavy (non-hydrogen) atoms. The van der Waals surface area contributed by atoms with E-state index in [2.05, 4.69) is 46.2 Å². The van der Waals surface area contributed by atoms with Crippen molar-refractivity contribution in [2.75, 3.05) is 32.7 Å². The lowest BCUT2D eigenvalue weighted by molar-refractivity contribution is 0.0808. The third kappa shape index (κ3) is 3.55. The minimum atomic E-state index is 0.377. The molecule has 2 aliphatic heterocycles. The third-order valence-electron chi connectivity index (χ3n) is 8.51. The summed E-state index contributed by atoms with van der Waals surface area (Å²) in [7, 11) is 0. The second-order valence-electron chi connectivity index (χ2n) is 10.1. The van der Waals surface area contributed by atoms with Crippen LogP contribution in [-0.4, -0.2) is 48.6 Å². The second kappa shape index (κ2) is 8.37. The largest absolute Gasteiger partial charge is 0.303 e. The summed E-state index contributed by atoms with van der Waals surface area (Å²) in [6, 6.07) is 13.8. The molecule has 0 amide bonds. The number of likely N-dealkylation sites (tertiary alicyclic amines) is 2. The summed E-state index contributed by atoms with van der Waals surface area (Å²) in [5.74, 6) is 1.38. The molecule has 0 aromatic heterocycles. The molecule has 2 nitrogen and oxygen atoms in total. The van der Waals surface area contributed by atoms with Gasteiger partial charge in [-0.3, -0.25) is 0 Å². The fraction of sp³-hybridized carbons (Fsp3) is 0.556. The minimum Gasteiger partial charge on any atom is -0.303 e. The first-order valence-corrected chi connectivity index (χ1v) is 13.0. The number of fused-ring (bicyclic) bond motifs is 1. The predicted octanol–water partition coefficient (Wildman–Crippen LogP) is 6.54. The van der Waals surface area contributed by atoms with Gasteiger partial charge in [0.2, 0.25) is 0 Å². The van der Waals surface area contributed by atoms with Crippen molar-refractivity contribution in [2.24, 2.45) is 5.92 Å². The van der Waals surface area contributed by atoms with Crippen molar-refractivity contribution in [1.29, 1.82) is 0 Å². The molecular formula is C27H32Cl2N2. The van der Waals surface area contributed by atoms with Crippen LogP contribution in [-0.2, 0) is 0 Å². The van der Waals surface area contributed by atoms with Crippen LogP contribution in [0.4, 0.5) is 0 Å². The molecule has 5 aliphatic rings. The Hall–Kier alpha value is -1.06. The standard InChI is InChI=1S/C27H32Cl2N2/c28-23-8-5-7-21-25-18(16-22(26(21)23)20-6-4-9-24(29)27(20)25)17-30-14-10-19(11-15-30)31-12-2-1-3-13-31/h4-9,18-19,22,25H,1-3,10-17H2. The number of hydrogen-bond donors (Lipinski definition) is 0. The number of nitrogens with zero attached hydrogens (tertiary/aromatic N) is 2. The molecule has 2 aromatic rings. The van der Waals surface area contributed by atoms with Crippen LogP contribution >= 0.6 is 23.2 Å². The van der Waals surface area contributed by atoms with Gasteiger partial charge in [0.1, 0.15) is 0 Å². The van der Waals surface area contributed by atoms with E-state index >= 15 is 0 Å². The van der Waals surface area contributed by atoms with Crippen molar-refractivity contribution in [3.8, 4) is 0 Å². The number of halogens is 2. The average Bonchev–Trinajstić information content (AvgIpc) is 2.81. The highest BCUT2D eigenvalue weighted by molar-refractivity contribution is 6.32. The quantitative estimate of drug-likeness (QED) is 0.519. The van der Waals surface area contributed by atoms with Crippen LogP contribution in [0, 0.1) is 5.92 Å². The van der Waals surface area contributed by atoms with Crippen molar-refractivity contribution >= 4 is 23.2 Å². The topological polar surface area (TPSA) is 6.48 Å². The summed E-state index contributed by atoms with van der Waals surface area (Å²) in [6.07, 6.45) is 8.08. The molecule has 4 heteroatoms. The van der Waals surface area contributed by atoms with Gasteiger partial charge < -0.3 is 9.80 Å². The van der Waals surface area contributed by atoms with Gasteiger partial charge in [-0.15, -0.1) is 0 Å². The minimum absolute atomic E-state index is 0.377. The molecule has 3 atom stereocenters. The van der Waals surface area contributed by atoms with Gasteiger partial charge in [0.05, 0.1) is 0 Å². The highest BCUT2D eigenvalue weighted by Gasteiger charge is 2.45. The third-order valence-corrected chi connectivity index (χ3v) is 9.17. The van der Waals surface area contributed by atoms with Crippen molar-refractivity contribution in [3.63, 3.8) is 0 Å². The van der Waals surface area contributed by atoms with E-state index in [4.69, 9.17) is 23.2 Å². The first-order valence-electron chi connectivity index (χ1n) is 12.2. The zero-order chi connectivity index (χ0) is 20.9. The molecule has 2 fully saturated rings. The van der Waals surface area contributed by atoms with E-state index in [1.807, 2.05) is 0 Å². The summed E-state index contributed by atoms with van der Waals surface area (Å²) in [5.41, 5.74) is 5.59. The first-order chi connectivity index (χ1) is 15.2. The lowest BCUT2D eigenvalue weighted by Gasteiger charge is -2.48. The van der Waals surface area contributed by atoms with Crippen molar-refractivity contribution in [3.05, 3.63) is 68.7 Å². The Morgan fingerprint density at radius 3 is 2.19 bits per heavy atom. The van der Waals surface area contributed by atoms with E-state index < -0.39 is 0 Å². The fourth-order valence-electron chi connectivity index (χ4n) is 7.12. The Balaban J connectivity index is 1.23. The van der Waals surface area contributed by atoms with E-state index in [0.717, 1.165) is 16.1 Å². The van der Waals surface area contributed by atoms with E-state index in [0.29, 0.717) is 17.8 Å². The Morgan fingerprint density at radius 2 is 1.45 bits per heavy atom. The summed E-state index contributed by atoms with van der Waals surface area (Å²) in [6.45, 7) is 6.32. The SMILES string of the molecule is Clc1cccc2c1C1CC(CN3CCC(N4CCCCC4)CC3)C2c2c(Cl)cccc21. The van der Waals surface area contributed by atoms with Crippen LogP contribution in [0.2, 0.25) is 10.0 Å². The van der Waals surface area contributed by atoms with Gasteiger partial charge in [-0.25, -0.2) is 0 Å². The maximum atomic E-state index is 6.80. The molecule has 0 spiro atoms. The van der Waals surface area contributed by atoms with Crippen molar-refractivity contribution < 1.29 is 0 Å². The number of hydrogen-bond acceptors (Lipinski definition) is 2. The van der Waals surface area contributed by atoms with Gasteiger partial charge in [0.25, 0.3) is 0 Å². The van der Waals surface area contributed by atoms with E-state index in [1.165, 1.54) is 93.5 Å². The van der Waals surface area contributed by atoms with Crippen molar-refractivity contribution in [2.45, 2.75) is 56.4 Å². The summed E-state index contributed by atoms with van der Waals surface area (Å²) in [4.78, 5) is 5.52. The normalized spacial score (nSPS) is 29.0. The molecule has 2 saturated heterocycles. The van der Waals surface area contributed by atoms with Crippen LogP contribution in [0.25, 0.3) is 0 Å². The van der Waals surface area contributed by atoms with Crippen LogP contribution in [0.3, 0.4) is 0 Å². The van der Waals surface area contributed by atoms with E-state index in [9.17, 15) is 0 Å². The molecule has 3 aliphatic carbocycles. The lowest BCUT2D eigenvalue weighted by atomic mass is 9.59. The monoisotopic (exact) mass is 454 g/mol. The summed E-state index contributed by atoms with van der Waals surface area (Å²) < 4.78 is 0. The van der Waals surface area contributed by atoms with Gasteiger partial charge >= 0.3 is 0 Å². The van der Waals surface area contributed by atoms with Gasteiger partial charge in [-0.2, -0.15) is 0 Å². The number of piperidine rings is 2. The highest BCUT2D eigenvalue weighted by atomic mass is 35.5. The zero-order valence-corrected chi connectivity index (χ0v) is 19.7. The smallest absolute Gasteiger partial charge is 0.0447 e. The van der Waals surface area contributed by atoms with E-state index in [1.54, 1.807) is 0 Å². The van der Waals surface area contributed by atoms with Crippen LogP contribution < -0.4 is 0 Å². The lowest BCUT2D eigenvalue weighted by Crippen LogP contribution is -2.48. The van der Waals surface area contributed by atoms with Gasteiger partial charge in [-0.05, 0) is 98.6 Å². The average molecular weight is 455 g/mol. The Labute approximate surface area is 196 Å². The number of benzene rings is 2. The Kier molecular flexibility index (Phi) is 5.55. The van der Waals surface area contributed by atoms with Gasteiger partial charge in [-0.1, -0.05) is 53.9 Å². The fourth-order valence-corrected chi connectivity index (χ4v) is 7.74. The van der Waals surface area contributed by atoms with Gasteiger partial charge in [0.15, 0.2) is 0 Å². The Bertz CT molecular complexity index is 960. The van der Waals surface area contributed by atoms with Crippen molar-refractivity contribution in [1.82, 2.24) is 9.80 Å². The molecule has 2 aromatic carbocycles. The second-order valence-corrected chi connectivity index (χ2v) is 11.0. The molecule has 7 rings (SSSR count). The zero-order valence-electron chi connectivity index (χ0n) is 18.2. The number of rotatable bonds is 3. The maximum absolute atomic E-state index is 6.80. The molecule has 3 unspecified atom stereocenters. The first kappa shape index (κ1) is 20.5. The molecule has 0 radical (unpaired) electrons. The van der Waals surface area contributed by atoms with Crippen LogP contribution in [0.5, 0.6) is 0 Å². The van der Waals surface area contributed by atoms with Crippen LogP contribution in [0.1, 0.15) is 72.6 Å². The molecule has 2 heterocycles. The molecule has 0 saturated carbocycles. The molecule has 164 valence electrons. The van der Waals surface area contributed by atoms with Crippen LogP contribution in [0.15, 0.2) is 36.4 Å². The molecule has 0 N–H and O–H groups in total. The summed E-state index contributed by atoms with van der Waals surface area (Å²) >= 11 is 13.5. The predicted molar refractivity (Wildman–Crippen MR) is 130 cm³/mol.